The van der Waals surface area contributed by atoms with Crippen molar-refractivity contribution >= 4 is 0 Å². The van der Waals surface area contributed by atoms with Gasteiger partial charge in [0.25, 0.3) is 0 Å². The maximum absolute atomic E-state index is 9.60. The third kappa shape index (κ3) is 7.35. The Balaban J connectivity index is 0.000000590. The third-order valence-electron chi connectivity index (χ3n) is 5.13. The SMILES string of the molecule is C=C(CC)C1=C(C)OC(N)=C(C#N)C1c1ccc(-c2nnco2)cc1.CC.CC.CC1CC1. The fraction of sp³-hybridized carbons (Fsp3) is 0.444. The van der Waals surface area contributed by atoms with E-state index in [1.54, 1.807) is 0 Å². The molecule has 6 nitrogen and oxygen atoms in total. The van der Waals surface area contributed by atoms with Gasteiger partial charge in [-0.1, -0.05) is 73.1 Å². The molecule has 1 aliphatic heterocycles. The zero-order valence-corrected chi connectivity index (χ0v) is 21.1. The minimum Gasteiger partial charge on any atom is -0.445 e. The molecule has 178 valence electrons. The van der Waals surface area contributed by atoms with E-state index in [9.17, 15) is 5.26 Å². The predicted octanol–water partition coefficient (Wildman–Crippen LogP) is 7.25. The van der Waals surface area contributed by atoms with Gasteiger partial charge in [0.2, 0.25) is 18.2 Å². The normalized spacial score (nSPS) is 16.6. The number of nitriles is 1. The molecule has 0 saturated heterocycles. The van der Waals surface area contributed by atoms with Gasteiger partial charge in [-0.05, 0) is 42.5 Å². The number of hydrogen-bond acceptors (Lipinski definition) is 6. The number of benzene rings is 1. The van der Waals surface area contributed by atoms with E-state index in [2.05, 4.69) is 29.8 Å². The largest absolute Gasteiger partial charge is 0.445 e. The maximum Gasteiger partial charge on any atom is 0.247 e. The van der Waals surface area contributed by atoms with E-state index in [4.69, 9.17) is 14.9 Å². The predicted molar refractivity (Wildman–Crippen MR) is 134 cm³/mol. The Labute approximate surface area is 198 Å². The van der Waals surface area contributed by atoms with Crippen molar-refractivity contribution in [2.24, 2.45) is 11.7 Å². The van der Waals surface area contributed by atoms with Crippen LogP contribution in [-0.2, 0) is 4.74 Å². The molecular formula is C27H38N4O2. The van der Waals surface area contributed by atoms with Crippen LogP contribution in [0.15, 0.2) is 70.0 Å². The molecule has 1 fully saturated rings. The molecule has 2 aliphatic rings. The lowest BCUT2D eigenvalue weighted by molar-refractivity contribution is 0.281. The summed E-state index contributed by atoms with van der Waals surface area (Å²) in [6, 6.07) is 9.80. The second kappa shape index (κ2) is 13.9. The van der Waals surface area contributed by atoms with E-state index in [1.165, 1.54) is 19.2 Å². The van der Waals surface area contributed by atoms with Gasteiger partial charge in [-0.2, -0.15) is 5.26 Å². The lowest BCUT2D eigenvalue weighted by atomic mass is 9.79. The van der Waals surface area contributed by atoms with Crippen LogP contribution in [0.4, 0.5) is 0 Å². The average molecular weight is 451 g/mol. The van der Waals surface area contributed by atoms with Gasteiger partial charge in [-0.25, -0.2) is 0 Å². The first-order chi connectivity index (χ1) is 16.0. The highest BCUT2D eigenvalue weighted by Gasteiger charge is 2.32. The van der Waals surface area contributed by atoms with Crippen molar-refractivity contribution in [2.45, 2.75) is 73.6 Å². The summed E-state index contributed by atoms with van der Waals surface area (Å²) in [4.78, 5) is 0. The number of rotatable bonds is 4. The molecule has 1 aromatic heterocycles. The number of hydrogen-bond donors (Lipinski definition) is 1. The second-order valence-electron chi connectivity index (χ2n) is 7.40. The first-order valence-electron chi connectivity index (χ1n) is 11.8. The van der Waals surface area contributed by atoms with Crippen LogP contribution in [-0.4, -0.2) is 10.2 Å². The highest BCUT2D eigenvalue weighted by Crippen LogP contribution is 2.42. The van der Waals surface area contributed by atoms with Crippen molar-refractivity contribution in [3.8, 4) is 17.5 Å². The van der Waals surface area contributed by atoms with Gasteiger partial charge in [0, 0.05) is 11.1 Å². The summed E-state index contributed by atoms with van der Waals surface area (Å²) in [5, 5.41) is 17.2. The Kier molecular flexibility index (Phi) is 11.7. The van der Waals surface area contributed by atoms with Crippen LogP contribution >= 0.6 is 0 Å². The van der Waals surface area contributed by atoms with E-state index in [-0.39, 0.29) is 11.8 Å². The molecule has 1 aliphatic carbocycles. The molecule has 2 N–H and O–H groups in total. The summed E-state index contributed by atoms with van der Waals surface area (Å²) >= 11 is 0. The monoisotopic (exact) mass is 450 g/mol. The summed E-state index contributed by atoms with van der Waals surface area (Å²) in [7, 11) is 0. The summed E-state index contributed by atoms with van der Waals surface area (Å²) in [6.07, 6.45) is 5.01. The number of nitrogens with zero attached hydrogens (tertiary/aromatic N) is 3. The Bertz CT molecular complexity index is 976. The average Bonchev–Trinajstić information content (AvgIpc) is 3.44. The Hall–Kier alpha value is -3.33. The van der Waals surface area contributed by atoms with Crippen molar-refractivity contribution in [2.75, 3.05) is 0 Å². The lowest BCUT2D eigenvalue weighted by Crippen LogP contribution is -2.20. The van der Waals surface area contributed by atoms with E-state index in [1.807, 2.05) is 65.8 Å². The molecule has 33 heavy (non-hydrogen) atoms. The van der Waals surface area contributed by atoms with Gasteiger partial charge in [-0.3, -0.25) is 0 Å². The Morgan fingerprint density at radius 1 is 1.18 bits per heavy atom. The van der Waals surface area contributed by atoms with Crippen LogP contribution < -0.4 is 5.73 Å². The van der Waals surface area contributed by atoms with Gasteiger partial charge < -0.3 is 14.9 Å². The molecule has 0 bridgehead atoms. The van der Waals surface area contributed by atoms with Crippen molar-refractivity contribution in [3.63, 3.8) is 0 Å². The molecule has 4 rings (SSSR count). The number of nitrogens with two attached hydrogens (primary N) is 1. The summed E-state index contributed by atoms with van der Waals surface area (Å²) in [5.74, 6) is 2.04. The maximum atomic E-state index is 9.60. The third-order valence-corrected chi connectivity index (χ3v) is 5.13. The number of ether oxygens (including phenoxy) is 1. The summed E-state index contributed by atoms with van der Waals surface area (Å²) in [6.45, 7) is 18.3. The number of aromatic nitrogens is 2. The molecule has 0 spiro atoms. The van der Waals surface area contributed by atoms with Gasteiger partial charge in [0.1, 0.15) is 17.4 Å². The van der Waals surface area contributed by atoms with Gasteiger partial charge in [0.15, 0.2) is 0 Å². The van der Waals surface area contributed by atoms with E-state index < -0.39 is 0 Å². The quantitative estimate of drug-likeness (QED) is 0.526. The van der Waals surface area contributed by atoms with Crippen molar-refractivity contribution in [1.82, 2.24) is 10.2 Å². The highest BCUT2D eigenvalue weighted by molar-refractivity contribution is 5.58. The molecular weight excluding hydrogens is 412 g/mol. The standard InChI is InChI=1S/C19H18N4O2.C4H8.2C2H6/c1-4-11(2)16-12(3)25-18(21)15(9-20)17(16)13-5-7-14(8-6-13)19-23-22-10-24-19;1-4-2-3-4;2*1-2/h5-8,10,17H,2,4,21H2,1,3H3;4H,2-3H2,1H3;2*1-2H3. The van der Waals surface area contributed by atoms with Crippen LogP contribution in [0.3, 0.4) is 0 Å². The summed E-state index contributed by atoms with van der Waals surface area (Å²) in [5.41, 5.74) is 9.90. The zero-order valence-electron chi connectivity index (χ0n) is 21.1. The van der Waals surface area contributed by atoms with E-state index >= 15 is 0 Å². The number of allylic oxidation sites excluding steroid dienone is 4. The fourth-order valence-corrected chi connectivity index (χ4v) is 3.14. The molecule has 2 heterocycles. The summed E-state index contributed by atoms with van der Waals surface area (Å²) < 4.78 is 10.8. The van der Waals surface area contributed by atoms with Crippen LogP contribution in [0.2, 0.25) is 0 Å². The van der Waals surface area contributed by atoms with Crippen molar-refractivity contribution < 1.29 is 9.15 Å². The highest BCUT2D eigenvalue weighted by atomic mass is 16.5. The Morgan fingerprint density at radius 3 is 2.18 bits per heavy atom. The van der Waals surface area contributed by atoms with Crippen molar-refractivity contribution in [3.05, 3.63) is 71.2 Å². The molecule has 1 atom stereocenters. The first-order valence-corrected chi connectivity index (χ1v) is 11.8. The molecule has 1 saturated carbocycles. The molecule has 1 aromatic carbocycles. The smallest absolute Gasteiger partial charge is 0.247 e. The van der Waals surface area contributed by atoms with Crippen LogP contribution in [0.1, 0.15) is 79.2 Å². The fourth-order valence-electron chi connectivity index (χ4n) is 3.14. The molecule has 6 heteroatoms. The lowest BCUT2D eigenvalue weighted by Gasteiger charge is -2.29. The van der Waals surface area contributed by atoms with Gasteiger partial charge in [0.05, 0.1) is 5.92 Å². The van der Waals surface area contributed by atoms with Crippen LogP contribution in [0.25, 0.3) is 11.5 Å². The Morgan fingerprint density at radius 2 is 1.76 bits per heavy atom. The van der Waals surface area contributed by atoms with Gasteiger partial charge >= 0.3 is 0 Å². The molecule has 2 aromatic rings. The first kappa shape index (κ1) is 27.7. The van der Waals surface area contributed by atoms with Crippen molar-refractivity contribution in [1.29, 1.82) is 5.26 Å². The molecule has 1 unspecified atom stereocenters. The van der Waals surface area contributed by atoms with E-state index in [0.717, 1.165) is 34.6 Å². The minimum atomic E-state index is -0.303. The molecule has 0 amide bonds. The van der Waals surface area contributed by atoms with Crippen LogP contribution in [0, 0.1) is 17.2 Å². The van der Waals surface area contributed by atoms with Crippen LogP contribution in [0.5, 0.6) is 0 Å². The minimum absolute atomic E-state index is 0.138. The molecule has 0 radical (unpaired) electrons. The second-order valence-corrected chi connectivity index (χ2v) is 7.40. The zero-order chi connectivity index (χ0) is 25.0. The van der Waals surface area contributed by atoms with Gasteiger partial charge in [-0.15, -0.1) is 10.2 Å². The topological polar surface area (TPSA) is 98.0 Å². The van der Waals surface area contributed by atoms with E-state index in [0.29, 0.717) is 17.2 Å².